The van der Waals surface area contributed by atoms with Gasteiger partial charge in [0, 0.05) is 5.56 Å². The Kier molecular flexibility index (Phi) is 4.35. The highest BCUT2D eigenvalue weighted by molar-refractivity contribution is 5.96. The van der Waals surface area contributed by atoms with Crippen LogP contribution in [-0.4, -0.2) is 18.2 Å². The van der Waals surface area contributed by atoms with E-state index >= 15 is 0 Å². The number of ether oxygens (including phenoxy) is 1. The van der Waals surface area contributed by atoms with E-state index in [0.29, 0.717) is 5.56 Å². The van der Waals surface area contributed by atoms with Crippen molar-refractivity contribution in [2.24, 2.45) is 0 Å². The lowest BCUT2D eigenvalue weighted by Gasteiger charge is -2.13. The lowest BCUT2D eigenvalue weighted by Crippen LogP contribution is -1.97. The molecule has 24 heavy (non-hydrogen) atoms. The molecular weight excluding hydrogens is 302 g/mol. The number of methoxy groups -OCH3 is 1. The van der Waals surface area contributed by atoms with Crippen molar-refractivity contribution < 1.29 is 14.6 Å². The fourth-order valence-electron chi connectivity index (χ4n) is 3.21. The standard InChI is InChI=1S/C20H17NO3/c1-24-19-9-8-13(12-21)10-18(19)17-7-3-6-16(17)14-4-2-5-15(11-14)20(22)23/h2,4-5,8-11H,3,6-7H2,1H3,(H,22,23). The molecule has 0 heterocycles. The van der Waals surface area contributed by atoms with Gasteiger partial charge in [-0.2, -0.15) is 5.26 Å². The number of nitrogens with zero attached hydrogens (tertiary/aromatic N) is 1. The maximum Gasteiger partial charge on any atom is 0.335 e. The van der Waals surface area contributed by atoms with Crippen LogP contribution in [0.15, 0.2) is 42.5 Å². The maximum atomic E-state index is 11.2. The first kappa shape index (κ1) is 15.8. The minimum atomic E-state index is -0.930. The molecule has 1 aliphatic carbocycles. The Labute approximate surface area is 140 Å². The molecule has 0 atom stereocenters. The first-order valence-electron chi connectivity index (χ1n) is 7.78. The summed E-state index contributed by atoms with van der Waals surface area (Å²) in [6.07, 6.45) is 2.78. The monoisotopic (exact) mass is 319 g/mol. The van der Waals surface area contributed by atoms with Crippen molar-refractivity contribution in [1.82, 2.24) is 0 Å². The lowest BCUT2D eigenvalue weighted by molar-refractivity contribution is 0.0697. The number of rotatable bonds is 4. The van der Waals surface area contributed by atoms with Crippen LogP contribution in [-0.2, 0) is 0 Å². The Balaban J connectivity index is 2.16. The van der Waals surface area contributed by atoms with Gasteiger partial charge in [0.15, 0.2) is 0 Å². The smallest absolute Gasteiger partial charge is 0.335 e. The second kappa shape index (κ2) is 6.59. The van der Waals surface area contributed by atoms with Crippen LogP contribution >= 0.6 is 0 Å². The minimum Gasteiger partial charge on any atom is -0.496 e. The molecule has 0 fully saturated rings. The van der Waals surface area contributed by atoms with Gasteiger partial charge in [-0.05, 0) is 66.3 Å². The van der Waals surface area contributed by atoms with Gasteiger partial charge in [0.25, 0.3) is 0 Å². The third kappa shape index (κ3) is 2.89. The molecule has 0 saturated heterocycles. The van der Waals surface area contributed by atoms with Crippen LogP contribution in [0.3, 0.4) is 0 Å². The van der Waals surface area contributed by atoms with Crippen LogP contribution < -0.4 is 4.74 Å². The molecule has 3 rings (SSSR count). The van der Waals surface area contributed by atoms with E-state index < -0.39 is 5.97 Å². The minimum absolute atomic E-state index is 0.281. The number of nitriles is 1. The number of aromatic carboxylic acids is 1. The van der Waals surface area contributed by atoms with Gasteiger partial charge >= 0.3 is 5.97 Å². The second-order valence-electron chi connectivity index (χ2n) is 5.72. The summed E-state index contributed by atoms with van der Waals surface area (Å²) in [6, 6.07) is 14.6. The second-order valence-corrected chi connectivity index (χ2v) is 5.72. The van der Waals surface area contributed by atoms with Crippen molar-refractivity contribution in [3.63, 3.8) is 0 Å². The number of hydrogen-bond acceptors (Lipinski definition) is 3. The summed E-state index contributed by atoms with van der Waals surface area (Å²) in [4.78, 5) is 11.2. The van der Waals surface area contributed by atoms with Crippen LogP contribution in [0.25, 0.3) is 11.1 Å². The molecule has 0 aliphatic heterocycles. The first-order valence-corrected chi connectivity index (χ1v) is 7.78. The molecule has 1 aliphatic rings. The van der Waals surface area contributed by atoms with Crippen molar-refractivity contribution >= 4 is 17.1 Å². The van der Waals surface area contributed by atoms with E-state index in [4.69, 9.17) is 4.74 Å². The molecule has 0 saturated carbocycles. The Hall–Kier alpha value is -3.06. The predicted octanol–water partition coefficient (Wildman–Crippen LogP) is 4.36. The highest BCUT2D eigenvalue weighted by Crippen LogP contribution is 2.43. The fourth-order valence-corrected chi connectivity index (χ4v) is 3.21. The van der Waals surface area contributed by atoms with Gasteiger partial charge in [-0.3, -0.25) is 0 Å². The molecule has 0 spiro atoms. The summed E-state index contributed by atoms with van der Waals surface area (Å²) in [6.45, 7) is 0. The average molecular weight is 319 g/mol. The zero-order valence-corrected chi connectivity index (χ0v) is 13.4. The van der Waals surface area contributed by atoms with Crippen molar-refractivity contribution in [2.45, 2.75) is 19.3 Å². The maximum absolute atomic E-state index is 11.2. The van der Waals surface area contributed by atoms with E-state index in [2.05, 4.69) is 6.07 Å². The highest BCUT2D eigenvalue weighted by atomic mass is 16.5. The molecule has 0 bridgehead atoms. The topological polar surface area (TPSA) is 70.3 Å². The van der Waals surface area contributed by atoms with Crippen molar-refractivity contribution in [2.75, 3.05) is 7.11 Å². The van der Waals surface area contributed by atoms with Gasteiger partial charge in [0.05, 0.1) is 24.3 Å². The molecule has 1 N–H and O–H groups in total. The number of benzene rings is 2. The number of allylic oxidation sites excluding steroid dienone is 2. The Morgan fingerprint density at radius 1 is 1.17 bits per heavy atom. The van der Waals surface area contributed by atoms with E-state index in [1.54, 1.807) is 31.4 Å². The summed E-state index contributed by atoms with van der Waals surface area (Å²) in [5.41, 5.74) is 4.97. The van der Waals surface area contributed by atoms with E-state index in [1.807, 2.05) is 18.2 Å². The lowest BCUT2D eigenvalue weighted by atomic mass is 9.94. The van der Waals surface area contributed by atoms with E-state index in [9.17, 15) is 15.2 Å². The van der Waals surface area contributed by atoms with Crippen molar-refractivity contribution in [3.8, 4) is 11.8 Å². The van der Waals surface area contributed by atoms with E-state index in [1.165, 1.54) is 0 Å². The van der Waals surface area contributed by atoms with E-state index in [0.717, 1.165) is 47.3 Å². The number of hydrogen-bond donors (Lipinski definition) is 1. The molecule has 0 radical (unpaired) electrons. The summed E-state index contributed by atoms with van der Waals surface area (Å²) in [7, 11) is 1.62. The Morgan fingerprint density at radius 3 is 2.67 bits per heavy atom. The van der Waals surface area contributed by atoms with E-state index in [-0.39, 0.29) is 5.56 Å². The quantitative estimate of drug-likeness (QED) is 0.909. The third-order valence-electron chi connectivity index (χ3n) is 4.33. The zero-order valence-electron chi connectivity index (χ0n) is 13.4. The van der Waals surface area contributed by atoms with Crippen LogP contribution in [0.1, 0.15) is 46.3 Å². The van der Waals surface area contributed by atoms with Gasteiger partial charge in [0.1, 0.15) is 5.75 Å². The molecule has 120 valence electrons. The summed E-state index contributed by atoms with van der Waals surface area (Å²) < 4.78 is 5.47. The SMILES string of the molecule is COc1ccc(C#N)cc1C1=C(c2cccc(C(=O)O)c2)CCC1. The average Bonchev–Trinajstić information content (AvgIpc) is 3.10. The predicted molar refractivity (Wildman–Crippen MR) is 91.8 cm³/mol. The van der Waals surface area contributed by atoms with Gasteiger partial charge in [-0.25, -0.2) is 4.79 Å². The molecular formula is C20H17NO3. The van der Waals surface area contributed by atoms with Gasteiger partial charge < -0.3 is 9.84 Å². The molecule has 2 aromatic rings. The number of carbonyl (C=O) groups is 1. The van der Waals surface area contributed by atoms with Gasteiger partial charge in [-0.15, -0.1) is 0 Å². The molecule has 0 unspecified atom stereocenters. The fraction of sp³-hybridized carbons (Fsp3) is 0.200. The normalized spacial score (nSPS) is 13.7. The molecule has 0 aromatic heterocycles. The van der Waals surface area contributed by atoms with Crippen LogP contribution in [0, 0.1) is 11.3 Å². The number of carboxylic acid groups (broad SMARTS) is 1. The Morgan fingerprint density at radius 2 is 1.96 bits per heavy atom. The Bertz CT molecular complexity index is 875. The third-order valence-corrected chi connectivity index (χ3v) is 4.33. The molecule has 4 nitrogen and oxygen atoms in total. The number of carboxylic acids is 1. The van der Waals surface area contributed by atoms with Gasteiger partial charge in [0.2, 0.25) is 0 Å². The van der Waals surface area contributed by atoms with Crippen LogP contribution in [0.4, 0.5) is 0 Å². The first-order chi connectivity index (χ1) is 11.6. The van der Waals surface area contributed by atoms with Crippen LogP contribution in [0.2, 0.25) is 0 Å². The van der Waals surface area contributed by atoms with Gasteiger partial charge in [-0.1, -0.05) is 12.1 Å². The summed E-state index contributed by atoms with van der Waals surface area (Å²) in [5, 5.41) is 18.4. The molecule has 2 aromatic carbocycles. The molecule has 0 amide bonds. The molecule has 4 heteroatoms. The highest BCUT2D eigenvalue weighted by Gasteiger charge is 2.21. The zero-order chi connectivity index (χ0) is 17.1. The van der Waals surface area contributed by atoms with Crippen molar-refractivity contribution in [1.29, 1.82) is 5.26 Å². The largest absolute Gasteiger partial charge is 0.496 e. The van der Waals surface area contributed by atoms with Crippen molar-refractivity contribution in [3.05, 3.63) is 64.7 Å². The summed E-state index contributed by atoms with van der Waals surface area (Å²) in [5.74, 6) is -0.196. The summed E-state index contributed by atoms with van der Waals surface area (Å²) >= 11 is 0. The van der Waals surface area contributed by atoms with Crippen LogP contribution in [0.5, 0.6) is 5.75 Å².